The van der Waals surface area contributed by atoms with Crippen LogP contribution in [-0.4, -0.2) is 38.6 Å². The molecule has 0 bridgehead atoms. The summed E-state index contributed by atoms with van der Waals surface area (Å²) >= 11 is 0. The Morgan fingerprint density at radius 2 is 1.93 bits per heavy atom. The maximum atomic E-state index is 3.20. The van der Waals surface area contributed by atoms with Crippen molar-refractivity contribution < 1.29 is 0 Å². The predicted octanol–water partition coefficient (Wildman–Crippen LogP) is 2.11. The van der Waals surface area contributed by atoms with E-state index in [4.69, 9.17) is 0 Å². The lowest BCUT2D eigenvalue weighted by atomic mass is 10.1. The Balaban J connectivity index is 1.95. The lowest BCUT2D eigenvalue weighted by molar-refractivity contribution is 0.273. The quantitative estimate of drug-likeness (QED) is 0.630. The van der Waals surface area contributed by atoms with Crippen LogP contribution in [0.15, 0.2) is 0 Å². The second-order valence-electron chi connectivity index (χ2n) is 4.72. The van der Waals surface area contributed by atoms with Crippen molar-refractivity contribution in [2.75, 3.05) is 33.7 Å². The minimum absolute atomic E-state index is 1.00. The summed E-state index contributed by atoms with van der Waals surface area (Å²) in [6.07, 6.45) is 8.54. The van der Waals surface area contributed by atoms with Crippen molar-refractivity contribution in [3.05, 3.63) is 0 Å². The number of hydrogen-bond donors (Lipinski definition) is 1. The molecule has 0 unspecified atom stereocenters. The van der Waals surface area contributed by atoms with Gasteiger partial charge in [0.15, 0.2) is 0 Å². The molecule has 1 rings (SSSR count). The second kappa shape index (κ2) is 7.24. The molecule has 0 radical (unpaired) electrons. The van der Waals surface area contributed by atoms with E-state index in [1.807, 2.05) is 7.05 Å². The Bertz CT molecular complexity index is 130. The minimum atomic E-state index is 1.00. The number of nitrogens with zero attached hydrogens (tertiary/aromatic N) is 1. The maximum Gasteiger partial charge on any atom is 0.000661 e. The molecule has 84 valence electrons. The van der Waals surface area contributed by atoms with Crippen LogP contribution in [0, 0.1) is 5.92 Å². The predicted molar refractivity (Wildman–Crippen MR) is 62.6 cm³/mol. The first-order valence-electron chi connectivity index (χ1n) is 6.16. The van der Waals surface area contributed by atoms with Crippen LogP contribution in [0.3, 0.4) is 0 Å². The molecule has 0 aromatic carbocycles. The highest BCUT2D eigenvalue weighted by Crippen LogP contribution is 2.25. The summed E-state index contributed by atoms with van der Waals surface area (Å²) < 4.78 is 0. The molecule has 0 saturated heterocycles. The van der Waals surface area contributed by atoms with E-state index in [0.717, 1.165) is 12.5 Å². The standard InChI is InChI=1S/C12H26N2/c1-13-9-5-6-10-14(2)11-12-7-3-4-8-12/h12-13H,3-11H2,1-2H3. The molecule has 2 nitrogen and oxygen atoms in total. The molecule has 0 amide bonds. The Morgan fingerprint density at radius 1 is 1.21 bits per heavy atom. The van der Waals surface area contributed by atoms with Gasteiger partial charge in [-0.3, -0.25) is 0 Å². The van der Waals surface area contributed by atoms with Crippen molar-refractivity contribution in [3.63, 3.8) is 0 Å². The van der Waals surface area contributed by atoms with Crippen molar-refractivity contribution in [2.45, 2.75) is 38.5 Å². The van der Waals surface area contributed by atoms with Crippen LogP contribution in [0.25, 0.3) is 0 Å². The molecule has 0 atom stereocenters. The van der Waals surface area contributed by atoms with E-state index in [2.05, 4.69) is 17.3 Å². The van der Waals surface area contributed by atoms with Crippen LogP contribution in [0.5, 0.6) is 0 Å². The zero-order valence-electron chi connectivity index (χ0n) is 9.89. The molecule has 1 aliphatic rings. The van der Waals surface area contributed by atoms with E-state index in [1.165, 1.54) is 51.6 Å². The van der Waals surface area contributed by atoms with Gasteiger partial charge in [0.1, 0.15) is 0 Å². The highest BCUT2D eigenvalue weighted by molar-refractivity contribution is 4.70. The summed E-state index contributed by atoms with van der Waals surface area (Å²) in [5, 5.41) is 3.20. The fourth-order valence-corrected chi connectivity index (χ4v) is 2.41. The van der Waals surface area contributed by atoms with Crippen LogP contribution in [0.4, 0.5) is 0 Å². The van der Waals surface area contributed by atoms with E-state index in [9.17, 15) is 0 Å². The number of unbranched alkanes of at least 4 members (excludes halogenated alkanes) is 1. The summed E-state index contributed by atoms with van der Waals surface area (Å²) in [5.74, 6) is 1.00. The Kier molecular flexibility index (Phi) is 6.20. The fourth-order valence-electron chi connectivity index (χ4n) is 2.41. The number of rotatable bonds is 7. The first kappa shape index (κ1) is 12.0. The lowest BCUT2D eigenvalue weighted by Crippen LogP contribution is -2.26. The van der Waals surface area contributed by atoms with Gasteiger partial charge >= 0.3 is 0 Å². The Labute approximate surface area is 89.1 Å². The monoisotopic (exact) mass is 198 g/mol. The molecule has 2 heteroatoms. The smallest absolute Gasteiger partial charge is 0.000661 e. The molecule has 14 heavy (non-hydrogen) atoms. The molecule has 0 heterocycles. The van der Waals surface area contributed by atoms with Crippen LogP contribution in [0.2, 0.25) is 0 Å². The number of hydrogen-bond acceptors (Lipinski definition) is 2. The lowest BCUT2D eigenvalue weighted by Gasteiger charge is -2.20. The third kappa shape index (κ3) is 4.97. The minimum Gasteiger partial charge on any atom is -0.320 e. The van der Waals surface area contributed by atoms with Crippen LogP contribution >= 0.6 is 0 Å². The molecule has 1 saturated carbocycles. The molecule has 0 aromatic heterocycles. The van der Waals surface area contributed by atoms with Crippen molar-refractivity contribution >= 4 is 0 Å². The van der Waals surface area contributed by atoms with Gasteiger partial charge in [0, 0.05) is 6.54 Å². The maximum absolute atomic E-state index is 3.20. The third-order valence-electron chi connectivity index (χ3n) is 3.26. The van der Waals surface area contributed by atoms with E-state index in [-0.39, 0.29) is 0 Å². The van der Waals surface area contributed by atoms with E-state index >= 15 is 0 Å². The Hall–Kier alpha value is -0.0800. The van der Waals surface area contributed by atoms with Gasteiger partial charge in [0.25, 0.3) is 0 Å². The zero-order valence-corrected chi connectivity index (χ0v) is 9.89. The topological polar surface area (TPSA) is 15.3 Å². The molecular weight excluding hydrogens is 172 g/mol. The van der Waals surface area contributed by atoms with E-state index in [1.54, 1.807) is 0 Å². The first-order valence-corrected chi connectivity index (χ1v) is 6.16. The van der Waals surface area contributed by atoms with E-state index < -0.39 is 0 Å². The summed E-state index contributed by atoms with van der Waals surface area (Å²) in [7, 11) is 4.31. The summed E-state index contributed by atoms with van der Waals surface area (Å²) in [5.41, 5.74) is 0. The molecular formula is C12H26N2. The molecule has 1 fully saturated rings. The van der Waals surface area contributed by atoms with Crippen molar-refractivity contribution in [3.8, 4) is 0 Å². The molecule has 0 aromatic rings. The normalized spacial score (nSPS) is 18.2. The van der Waals surface area contributed by atoms with Gasteiger partial charge in [0.05, 0.1) is 0 Å². The Morgan fingerprint density at radius 3 is 2.57 bits per heavy atom. The van der Waals surface area contributed by atoms with E-state index in [0.29, 0.717) is 0 Å². The molecule has 1 aliphatic carbocycles. The van der Waals surface area contributed by atoms with Crippen LogP contribution in [0.1, 0.15) is 38.5 Å². The van der Waals surface area contributed by atoms with Crippen LogP contribution in [-0.2, 0) is 0 Å². The van der Waals surface area contributed by atoms with Gasteiger partial charge in [-0.2, -0.15) is 0 Å². The highest BCUT2D eigenvalue weighted by Gasteiger charge is 2.16. The van der Waals surface area contributed by atoms with Crippen molar-refractivity contribution in [1.82, 2.24) is 10.2 Å². The van der Waals surface area contributed by atoms with Gasteiger partial charge in [-0.05, 0) is 58.8 Å². The first-order chi connectivity index (χ1) is 6.83. The van der Waals surface area contributed by atoms with Gasteiger partial charge in [-0.25, -0.2) is 0 Å². The van der Waals surface area contributed by atoms with Crippen molar-refractivity contribution in [2.24, 2.45) is 5.92 Å². The average Bonchev–Trinajstić information content (AvgIpc) is 2.65. The van der Waals surface area contributed by atoms with Gasteiger partial charge in [-0.1, -0.05) is 12.8 Å². The SMILES string of the molecule is CNCCCCN(C)CC1CCCC1. The molecule has 0 spiro atoms. The van der Waals surface area contributed by atoms with Gasteiger partial charge in [0.2, 0.25) is 0 Å². The third-order valence-corrected chi connectivity index (χ3v) is 3.26. The van der Waals surface area contributed by atoms with Gasteiger partial charge in [-0.15, -0.1) is 0 Å². The summed E-state index contributed by atoms with van der Waals surface area (Å²) in [6.45, 7) is 3.77. The number of nitrogens with one attached hydrogen (secondary N) is 1. The van der Waals surface area contributed by atoms with Gasteiger partial charge < -0.3 is 10.2 Å². The van der Waals surface area contributed by atoms with Crippen molar-refractivity contribution in [1.29, 1.82) is 0 Å². The van der Waals surface area contributed by atoms with Crippen LogP contribution < -0.4 is 5.32 Å². The molecule has 1 N–H and O–H groups in total. The summed E-state index contributed by atoms with van der Waals surface area (Å²) in [4.78, 5) is 2.52. The second-order valence-corrected chi connectivity index (χ2v) is 4.72. The molecule has 0 aliphatic heterocycles. The average molecular weight is 198 g/mol. The zero-order chi connectivity index (χ0) is 10.2. The summed E-state index contributed by atoms with van der Waals surface area (Å²) in [6, 6.07) is 0. The highest BCUT2D eigenvalue weighted by atomic mass is 15.1. The largest absolute Gasteiger partial charge is 0.320 e. The fraction of sp³-hybridized carbons (Fsp3) is 1.00.